The van der Waals surface area contributed by atoms with E-state index in [-0.39, 0.29) is 43.0 Å². The molecule has 0 aliphatic carbocycles. The molecular formula is C58H63N9O8S2. The van der Waals surface area contributed by atoms with Crippen molar-refractivity contribution in [1.82, 2.24) is 24.6 Å². The Labute approximate surface area is 457 Å². The van der Waals surface area contributed by atoms with Gasteiger partial charge in [-0.15, -0.1) is 0 Å². The van der Waals surface area contributed by atoms with Gasteiger partial charge in [-0.25, -0.2) is 0 Å². The third-order valence-electron chi connectivity index (χ3n) is 13.8. The van der Waals surface area contributed by atoms with E-state index in [0.29, 0.717) is 88.2 Å². The molecule has 0 saturated carbocycles. The first-order chi connectivity index (χ1) is 37.2. The second kappa shape index (κ2) is 24.3. The standard InChI is InChI=1S/C58H63N9O8S2/c1-33(2)54(59)56(69)64-34(3)55(68)65-41-21-35(31-74-52-27-48-46(25-50(52)72-6)57(70)66-18-16-39(23-42(66)29-62-48)37-8-12-44(13-9-37)76-60-4)20-36(22-41)32-75-53-28-49-47(26-51(53)73-7)58(71)67-19-17-40(24-43(67)30-63-49)38-10-14-45(15-11-38)77-61-5/h8-17,20-22,25-30,33-34,42-43,54,60-61H,18-19,23-24,31-32,59H2,1-7H3,(H,64,69)(H,65,68). The maximum Gasteiger partial charge on any atom is 0.257 e. The summed E-state index contributed by atoms with van der Waals surface area (Å²) in [5, 5.41) is 5.66. The highest BCUT2D eigenvalue weighted by molar-refractivity contribution is 7.97. The second-order valence-corrected chi connectivity index (χ2v) is 21.4. The molecule has 9 rings (SSSR count). The van der Waals surface area contributed by atoms with E-state index in [9.17, 15) is 19.2 Å². The van der Waals surface area contributed by atoms with Crippen LogP contribution in [-0.4, -0.2) is 111 Å². The molecule has 6 N–H and O–H groups in total. The summed E-state index contributed by atoms with van der Waals surface area (Å²) < 4.78 is 30.7. The van der Waals surface area contributed by atoms with Crippen LogP contribution >= 0.6 is 23.9 Å². The lowest BCUT2D eigenvalue weighted by atomic mass is 9.94. The number of anilines is 1. The zero-order valence-corrected chi connectivity index (χ0v) is 45.7. The predicted octanol–water partition coefficient (Wildman–Crippen LogP) is 8.77. The fourth-order valence-corrected chi connectivity index (χ4v) is 10.5. The third kappa shape index (κ3) is 12.4. The molecule has 19 heteroatoms. The topological polar surface area (TPSA) is 211 Å². The number of rotatable bonds is 19. The molecule has 4 aliphatic rings. The molecule has 4 aliphatic heterocycles. The van der Waals surface area contributed by atoms with E-state index >= 15 is 0 Å². The first-order valence-electron chi connectivity index (χ1n) is 25.4. The van der Waals surface area contributed by atoms with Crippen LogP contribution < -0.4 is 44.8 Å². The number of benzene rings is 5. The molecule has 5 aromatic rings. The molecule has 5 aromatic carbocycles. The van der Waals surface area contributed by atoms with Crippen LogP contribution in [0.2, 0.25) is 0 Å². The van der Waals surface area contributed by atoms with Crippen LogP contribution in [0.5, 0.6) is 23.0 Å². The molecule has 0 spiro atoms. The number of aliphatic imine (C=N–C) groups is 2. The molecule has 0 fully saturated rings. The van der Waals surface area contributed by atoms with Gasteiger partial charge in [-0.1, -0.05) is 50.3 Å². The SMILES string of the molecule is CNSc1ccc(C2=CCN3C(=O)c4cc(OC)c(OCc5cc(COc6cc7c(cc6OC)C(=O)N6CC=C(c8ccc(SNC)cc8)CC6C=N7)cc(NC(=O)C(C)NC(=O)C(N)C(C)C)c5)cc4N=CC3C2)cc1. The largest absolute Gasteiger partial charge is 0.493 e. The lowest BCUT2D eigenvalue weighted by Crippen LogP contribution is -2.50. The summed E-state index contributed by atoms with van der Waals surface area (Å²) in [6, 6.07) is 26.6. The quantitative estimate of drug-likeness (QED) is 0.0491. The number of carbonyl (C=O) groups excluding carboxylic acids is 4. The molecule has 0 aromatic heterocycles. The number of amides is 4. The van der Waals surface area contributed by atoms with Gasteiger partial charge < -0.3 is 45.1 Å². The van der Waals surface area contributed by atoms with Crippen LogP contribution in [0.3, 0.4) is 0 Å². The fraction of sp³-hybridized carbons (Fsp3) is 0.310. The van der Waals surface area contributed by atoms with Gasteiger partial charge in [0.1, 0.15) is 19.3 Å². The molecule has 0 radical (unpaired) electrons. The summed E-state index contributed by atoms with van der Waals surface area (Å²) in [4.78, 5) is 70.3. The van der Waals surface area contributed by atoms with Gasteiger partial charge in [0, 0.05) is 53.1 Å². The Kier molecular flexibility index (Phi) is 17.1. The number of hydrogen-bond donors (Lipinski definition) is 5. The predicted molar refractivity (Wildman–Crippen MR) is 304 cm³/mol. The van der Waals surface area contributed by atoms with Gasteiger partial charge in [0.05, 0.1) is 54.8 Å². The minimum Gasteiger partial charge on any atom is -0.493 e. The first-order valence-corrected chi connectivity index (χ1v) is 27.0. The molecule has 4 amide bonds. The lowest BCUT2D eigenvalue weighted by Gasteiger charge is -2.32. The highest BCUT2D eigenvalue weighted by atomic mass is 32.2. The molecule has 0 bridgehead atoms. The first kappa shape index (κ1) is 54.4. The molecule has 4 atom stereocenters. The van der Waals surface area contributed by atoms with E-state index in [1.165, 1.54) is 14.2 Å². The monoisotopic (exact) mass is 1080 g/mol. The number of nitrogens with one attached hydrogen (secondary N) is 4. The van der Waals surface area contributed by atoms with Crippen LogP contribution in [0, 0.1) is 5.92 Å². The van der Waals surface area contributed by atoms with E-state index in [0.717, 1.165) is 32.1 Å². The normalized spacial score (nSPS) is 17.4. The van der Waals surface area contributed by atoms with Gasteiger partial charge in [-0.05, 0) is 152 Å². The Bertz CT molecular complexity index is 3000. The van der Waals surface area contributed by atoms with E-state index < -0.39 is 23.9 Å². The van der Waals surface area contributed by atoms with Gasteiger partial charge >= 0.3 is 0 Å². The number of carbonyl (C=O) groups is 4. The minimum atomic E-state index is -0.917. The zero-order chi connectivity index (χ0) is 54.3. The van der Waals surface area contributed by atoms with Gasteiger partial charge in [0.25, 0.3) is 11.8 Å². The maximum absolute atomic E-state index is 14.2. The average molecular weight is 1080 g/mol. The van der Waals surface area contributed by atoms with Gasteiger partial charge in [-0.2, -0.15) is 0 Å². The van der Waals surface area contributed by atoms with Crippen molar-refractivity contribution in [2.24, 2.45) is 21.6 Å². The van der Waals surface area contributed by atoms with Crippen molar-refractivity contribution in [2.45, 2.75) is 80.8 Å². The van der Waals surface area contributed by atoms with Crippen LogP contribution in [0.25, 0.3) is 11.1 Å². The van der Waals surface area contributed by atoms with Crippen molar-refractivity contribution in [1.29, 1.82) is 0 Å². The highest BCUT2D eigenvalue weighted by Crippen LogP contribution is 2.41. The Morgan fingerprint density at radius 3 is 1.52 bits per heavy atom. The summed E-state index contributed by atoms with van der Waals surface area (Å²) in [6.45, 7) is 6.10. The van der Waals surface area contributed by atoms with Gasteiger partial charge in [-0.3, -0.25) is 38.6 Å². The van der Waals surface area contributed by atoms with Crippen molar-refractivity contribution in [2.75, 3.05) is 46.7 Å². The van der Waals surface area contributed by atoms with Crippen LogP contribution in [-0.2, 0) is 22.8 Å². The number of methoxy groups -OCH3 is 2. The van der Waals surface area contributed by atoms with Crippen LogP contribution in [0.1, 0.15) is 76.6 Å². The van der Waals surface area contributed by atoms with Crippen LogP contribution in [0.4, 0.5) is 17.1 Å². The van der Waals surface area contributed by atoms with Crippen molar-refractivity contribution in [3.8, 4) is 23.0 Å². The van der Waals surface area contributed by atoms with E-state index in [2.05, 4.69) is 80.8 Å². The molecule has 4 heterocycles. The average Bonchev–Trinajstić information content (AvgIpc) is 3.67. The number of hydrogen-bond acceptors (Lipinski definition) is 15. The lowest BCUT2D eigenvalue weighted by molar-refractivity contribution is -0.127. The fourth-order valence-electron chi connectivity index (χ4n) is 9.53. The summed E-state index contributed by atoms with van der Waals surface area (Å²) >= 11 is 3.10. The van der Waals surface area contributed by atoms with E-state index in [1.54, 1.807) is 67.2 Å². The van der Waals surface area contributed by atoms with Gasteiger partial charge in [0.2, 0.25) is 11.8 Å². The smallest absolute Gasteiger partial charge is 0.257 e. The maximum atomic E-state index is 14.2. The summed E-state index contributed by atoms with van der Waals surface area (Å²) in [6.07, 6.45) is 9.06. The summed E-state index contributed by atoms with van der Waals surface area (Å²) in [5.41, 5.74) is 14.0. The number of nitrogens with zero attached hydrogens (tertiary/aromatic N) is 4. The Morgan fingerprint density at radius 2 is 1.10 bits per heavy atom. The molecule has 77 heavy (non-hydrogen) atoms. The molecule has 400 valence electrons. The van der Waals surface area contributed by atoms with Crippen molar-refractivity contribution in [3.05, 3.63) is 137 Å². The Morgan fingerprint density at radius 1 is 0.649 bits per heavy atom. The minimum absolute atomic E-state index is 0.000636. The molecule has 0 saturated heterocycles. The number of nitrogens with two attached hydrogens (primary N) is 1. The summed E-state index contributed by atoms with van der Waals surface area (Å²) in [7, 11) is 6.80. The van der Waals surface area contributed by atoms with Crippen molar-refractivity contribution < 1.29 is 38.1 Å². The number of ether oxygens (including phenoxy) is 4. The molecular weight excluding hydrogens is 1010 g/mol. The number of fused-ring (bicyclic) bond motifs is 4. The van der Waals surface area contributed by atoms with Crippen molar-refractivity contribution >= 4 is 88.2 Å². The third-order valence-corrected chi connectivity index (χ3v) is 15.2. The van der Waals surface area contributed by atoms with Crippen molar-refractivity contribution in [3.63, 3.8) is 0 Å². The van der Waals surface area contributed by atoms with Gasteiger partial charge in [0.15, 0.2) is 23.0 Å². The molecule has 17 nitrogen and oxygen atoms in total. The molecule has 4 unspecified atom stereocenters. The zero-order valence-electron chi connectivity index (χ0n) is 44.0. The van der Waals surface area contributed by atoms with E-state index in [4.69, 9.17) is 34.7 Å². The Hall–Kier alpha value is -7.42. The summed E-state index contributed by atoms with van der Waals surface area (Å²) in [5.74, 6) is 0.0206. The highest BCUT2D eigenvalue weighted by Gasteiger charge is 2.34. The van der Waals surface area contributed by atoms with E-state index in [1.807, 2.05) is 56.2 Å². The Balaban J connectivity index is 0.945. The second-order valence-electron chi connectivity index (χ2n) is 19.3. The van der Waals surface area contributed by atoms with Crippen LogP contribution in [0.15, 0.2) is 123 Å².